The zero-order valence-electron chi connectivity index (χ0n) is 25.7. The number of oxazole rings is 2. The number of aryl methyl sites for hydroxylation is 1. The Morgan fingerprint density at radius 3 is 1.38 bits per heavy atom. The van der Waals surface area contributed by atoms with Gasteiger partial charge in [-0.05, 0) is 102 Å². The zero-order valence-corrected chi connectivity index (χ0v) is 25.7. The molecule has 9 rings (SSSR count). The molecule has 0 N–H and O–H groups in total. The topological polar surface area (TPSA) is 89.4 Å². The molecule has 1 aliphatic heterocycles. The van der Waals surface area contributed by atoms with E-state index in [-0.39, 0.29) is 11.8 Å². The molecule has 2 aromatic heterocycles. The molecule has 7 nitrogen and oxygen atoms in total. The van der Waals surface area contributed by atoms with Gasteiger partial charge < -0.3 is 8.83 Å². The van der Waals surface area contributed by atoms with Gasteiger partial charge in [-0.25, -0.2) is 14.9 Å². The summed E-state index contributed by atoms with van der Waals surface area (Å²) in [5.41, 5.74) is 11.4. The monoisotopic (exact) mass is 623 g/mol. The summed E-state index contributed by atoms with van der Waals surface area (Å²) in [4.78, 5) is 36.5. The van der Waals surface area contributed by atoms with Crippen LogP contribution < -0.4 is 4.90 Å². The molecule has 0 fully saturated rings. The number of hydrogen-bond donors (Lipinski definition) is 0. The summed E-state index contributed by atoms with van der Waals surface area (Å²) >= 11 is 0. The third-order valence-corrected chi connectivity index (χ3v) is 8.79. The van der Waals surface area contributed by atoms with Gasteiger partial charge in [-0.15, -0.1) is 0 Å². The van der Waals surface area contributed by atoms with Gasteiger partial charge in [-0.1, -0.05) is 66.2 Å². The van der Waals surface area contributed by atoms with E-state index in [0.717, 1.165) is 50.0 Å². The largest absolute Gasteiger partial charge is 0.436 e. The number of carbonyl (C=O) groups is 2. The van der Waals surface area contributed by atoms with Gasteiger partial charge in [-0.3, -0.25) is 9.59 Å². The highest BCUT2D eigenvalue weighted by Gasteiger charge is 2.36. The van der Waals surface area contributed by atoms with Crippen molar-refractivity contribution < 1.29 is 18.4 Å². The van der Waals surface area contributed by atoms with Crippen LogP contribution in [0.1, 0.15) is 26.3 Å². The molecule has 0 spiro atoms. The average Bonchev–Trinajstić information content (AvgIpc) is 3.82. The average molecular weight is 624 g/mol. The normalized spacial score (nSPS) is 12.7. The summed E-state index contributed by atoms with van der Waals surface area (Å²) in [6.07, 6.45) is 0. The van der Waals surface area contributed by atoms with Crippen LogP contribution in [0.5, 0.6) is 0 Å². The first kappa shape index (κ1) is 27.7. The Bertz CT molecular complexity index is 2510. The fraction of sp³-hybridized carbons (Fsp3) is 0.0244. The van der Waals surface area contributed by atoms with Crippen molar-refractivity contribution in [1.82, 2.24) is 9.97 Å². The molecule has 0 bridgehead atoms. The molecule has 3 heterocycles. The smallest absolute Gasteiger partial charge is 0.266 e. The second kappa shape index (κ2) is 10.7. The van der Waals surface area contributed by atoms with Crippen molar-refractivity contribution in [3.8, 4) is 45.2 Å². The second-order valence-electron chi connectivity index (χ2n) is 11.9. The van der Waals surface area contributed by atoms with E-state index >= 15 is 0 Å². The van der Waals surface area contributed by atoms with Crippen molar-refractivity contribution in [2.24, 2.45) is 0 Å². The molecule has 1 aliphatic rings. The van der Waals surface area contributed by atoms with Crippen LogP contribution in [0.2, 0.25) is 0 Å². The predicted octanol–water partition coefficient (Wildman–Crippen LogP) is 9.75. The van der Waals surface area contributed by atoms with E-state index in [9.17, 15) is 9.59 Å². The van der Waals surface area contributed by atoms with E-state index in [4.69, 9.17) is 18.8 Å². The van der Waals surface area contributed by atoms with Gasteiger partial charge in [0.2, 0.25) is 11.8 Å². The second-order valence-corrected chi connectivity index (χ2v) is 11.9. The van der Waals surface area contributed by atoms with E-state index in [2.05, 4.69) is 55.5 Å². The van der Waals surface area contributed by atoms with Crippen LogP contribution >= 0.6 is 0 Å². The molecule has 7 heteroatoms. The van der Waals surface area contributed by atoms with Crippen LogP contribution in [0.15, 0.2) is 142 Å². The molecular weight excluding hydrogens is 598 g/mol. The van der Waals surface area contributed by atoms with Crippen LogP contribution in [0.4, 0.5) is 5.69 Å². The summed E-state index contributed by atoms with van der Waals surface area (Å²) in [5, 5.41) is 0. The molecule has 6 aromatic carbocycles. The zero-order chi connectivity index (χ0) is 32.4. The van der Waals surface area contributed by atoms with Gasteiger partial charge in [0.25, 0.3) is 11.8 Å². The molecule has 0 saturated carbocycles. The summed E-state index contributed by atoms with van der Waals surface area (Å²) in [6, 6.07) is 42.5. The fourth-order valence-electron chi connectivity index (χ4n) is 6.19. The Hall–Kier alpha value is -6.60. The Labute approximate surface area is 274 Å². The lowest BCUT2D eigenvalue weighted by Crippen LogP contribution is -2.29. The minimum Gasteiger partial charge on any atom is -0.436 e. The highest BCUT2D eigenvalue weighted by Crippen LogP contribution is 2.34. The predicted molar refractivity (Wildman–Crippen MR) is 186 cm³/mol. The lowest BCUT2D eigenvalue weighted by molar-refractivity contribution is 0.0926. The molecule has 48 heavy (non-hydrogen) atoms. The summed E-state index contributed by atoms with van der Waals surface area (Å²) < 4.78 is 12.1. The molecular formula is C41H25N3O4. The molecule has 228 valence electrons. The number of aromatic nitrogens is 2. The SMILES string of the molecule is Cc1ccc(-c2nc3cc(-c4ccc(-c5ccc6oc(-c7ccc(N8C(=O)c9ccccc9C8=O)cc7)nc6c5)cc4)ccc3o2)cc1. The van der Waals surface area contributed by atoms with Gasteiger partial charge >= 0.3 is 0 Å². The van der Waals surface area contributed by atoms with Crippen molar-refractivity contribution in [1.29, 1.82) is 0 Å². The number of anilines is 1. The van der Waals surface area contributed by atoms with Crippen molar-refractivity contribution in [2.75, 3.05) is 4.90 Å². The Morgan fingerprint density at radius 1 is 0.479 bits per heavy atom. The first-order chi connectivity index (χ1) is 23.5. The summed E-state index contributed by atoms with van der Waals surface area (Å²) in [6.45, 7) is 2.06. The highest BCUT2D eigenvalue weighted by molar-refractivity contribution is 6.34. The lowest BCUT2D eigenvalue weighted by atomic mass is 10.00. The minimum atomic E-state index is -0.325. The van der Waals surface area contributed by atoms with E-state index in [0.29, 0.717) is 34.2 Å². The standard InChI is InChI=1S/C41H25N3O4/c1-24-6-8-27(9-7-24)38-42-34-22-29(16-20-36(34)47-38)25-10-12-26(13-11-25)30-17-21-37-35(23-30)43-39(48-37)28-14-18-31(19-15-28)44-40(45)32-4-2-3-5-33(32)41(44)46/h2-23H,1H3. The first-order valence-electron chi connectivity index (χ1n) is 15.6. The number of imide groups is 1. The van der Waals surface area contributed by atoms with Gasteiger partial charge in [0, 0.05) is 11.1 Å². The van der Waals surface area contributed by atoms with Crippen molar-refractivity contribution >= 4 is 39.7 Å². The van der Waals surface area contributed by atoms with Crippen LogP contribution in [0.25, 0.3) is 67.4 Å². The number of amides is 2. The molecule has 0 unspecified atom stereocenters. The maximum absolute atomic E-state index is 12.9. The molecule has 2 amide bonds. The summed E-state index contributed by atoms with van der Waals surface area (Å²) in [7, 11) is 0. The van der Waals surface area contributed by atoms with Gasteiger partial charge in [0.1, 0.15) is 11.0 Å². The molecule has 0 radical (unpaired) electrons. The third-order valence-electron chi connectivity index (χ3n) is 8.79. The van der Waals surface area contributed by atoms with Crippen LogP contribution in [0.3, 0.4) is 0 Å². The maximum Gasteiger partial charge on any atom is 0.266 e. The van der Waals surface area contributed by atoms with E-state index in [1.54, 1.807) is 36.4 Å². The number of nitrogens with zero attached hydrogens (tertiary/aromatic N) is 3. The van der Waals surface area contributed by atoms with E-state index < -0.39 is 0 Å². The summed E-state index contributed by atoms with van der Waals surface area (Å²) in [5.74, 6) is 0.422. The lowest BCUT2D eigenvalue weighted by Gasteiger charge is -2.13. The van der Waals surface area contributed by atoms with E-state index in [1.807, 2.05) is 48.5 Å². The van der Waals surface area contributed by atoms with Gasteiger partial charge in [-0.2, -0.15) is 0 Å². The Kier molecular flexibility index (Phi) is 6.20. The van der Waals surface area contributed by atoms with Crippen molar-refractivity contribution in [3.05, 3.63) is 150 Å². The number of benzene rings is 6. The molecule has 0 atom stereocenters. The highest BCUT2D eigenvalue weighted by atomic mass is 16.4. The van der Waals surface area contributed by atoms with Crippen LogP contribution in [0, 0.1) is 6.92 Å². The molecule has 0 aliphatic carbocycles. The van der Waals surface area contributed by atoms with Crippen LogP contribution in [-0.2, 0) is 0 Å². The molecule has 8 aromatic rings. The van der Waals surface area contributed by atoms with E-state index in [1.165, 1.54) is 10.5 Å². The maximum atomic E-state index is 12.9. The molecule has 0 saturated heterocycles. The third kappa shape index (κ3) is 4.60. The van der Waals surface area contributed by atoms with Gasteiger partial charge in [0.15, 0.2) is 11.2 Å². The number of hydrogen-bond acceptors (Lipinski definition) is 6. The fourth-order valence-corrected chi connectivity index (χ4v) is 6.19. The minimum absolute atomic E-state index is 0.325. The van der Waals surface area contributed by atoms with Crippen molar-refractivity contribution in [2.45, 2.75) is 6.92 Å². The number of rotatable bonds is 5. The van der Waals surface area contributed by atoms with Crippen LogP contribution in [-0.4, -0.2) is 21.8 Å². The first-order valence-corrected chi connectivity index (χ1v) is 15.6. The van der Waals surface area contributed by atoms with Gasteiger partial charge in [0.05, 0.1) is 16.8 Å². The Balaban J connectivity index is 0.947. The number of fused-ring (bicyclic) bond motifs is 3. The quantitative estimate of drug-likeness (QED) is 0.177. The number of carbonyl (C=O) groups excluding carboxylic acids is 2. The Morgan fingerprint density at radius 2 is 0.896 bits per heavy atom. The van der Waals surface area contributed by atoms with Crippen molar-refractivity contribution in [3.63, 3.8) is 0 Å².